The molecule has 0 radical (unpaired) electrons. The summed E-state index contributed by atoms with van der Waals surface area (Å²) in [5, 5.41) is 22.2. The predicted octanol–water partition coefficient (Wildman–Crippen LogP) is 6.44. The number of nitro groups is 2. The molecule has 2 atom stereocenters. The minimum absolute atomic E-state index is 0.0817. The van der Waals surface area contributed by atoms with Gasteiger partial charge in [-0.25, -0.2) is 0 Å². The third-order valence-electron chi connectivity index (χ3n) is 6.76. The van der Waals surface area contributed by atoms with E-state index < -0.39 is 0 Å². The molecule has 0 aromatic heterocycles. The molecule has 5 rings (SSSR count). The van der Waals surface area contributed by atoms with Gasteiger partial charge >= 0.3 is 0 Å². The van der Waals surface area contributed by atoms with Gasteiger partial charge in [0, 0.05) is 42.4 Å². The molecule has 2 unspecified atom stereocenters. The number of hydrogen-bond acceptors (Lipinski definition) is 5. The lowest BCUT2D eigenvalue weighted by molar-refractivity contribution is -0.385. The second-order valence-corrected chi connectivity index (χ2v) is 8.75. The number of fused-ring (bicyclic) bond motifs is 5. The van der Waals surface area contributed by atoms with Crippen molar-refractivity contribution in [2.24, 2.45) is 0 Å². The minimum Gasteiger partial charge on any atom is -0.287 e. The Labute approximate surface area is 185 Å². The van der Waals surface area contributed by atoms with E-state index >= 15 is 0 Å². The summed E-state index contributed by atoms with van der Waals surface area (Å²) in [6.45, 7) is 4.43. The van der Waals surface area contributed by atoms with Crippen molar-refractivity contribution in [3.63, 3.8) is 0 Å². The number of hydrogen-bond donors (Lipinski definition) is 0. The molecular formula is C25H23N3O4. The molecule has 0 spiro atoms. The summed E-state index contributed by atoms with van der Waals surface area (Å²) in [5.74, 6) is 0. The summed E-state index contributed by atoms with van der Waals surface area (Å²) in [6.07, 6.45) is 2.17. The molecule has 1 saturated heterocycles. The Balaban J connectivity index is 1.68. The first-order valence-electron chi connectivity index (χ1n) is 10.8. The Morgan fingerprint density at radius 2 is 1.09 bits per heavy atom. The largest absolute Gasteiger partial charge is 0.287 e. The Bertz CT molecular complexity index is 1130. The predicted molar refractivity (Wildman–Crippen MR) is 122 cm³/mol. The fraction of sp³-hybridized carbons (Fsp3) is 0.280. The smallest absolute Gasteiger partial charge is 0.269 e. The second-order valence-electron chi connectivity index (χ2n) is 8.75. The quantitative estimate of drug-likeness (QED) is 0.344. The molecule has 0 N–H and O–H groups in total. The minimum atomic E-state index is -0.381. The highest BCUT2D eigenvalue weighted by molar-refractivity contribution is 5.80. The van der Waals surface area contributed by atoms with Crippen LogP contribution >= 0.6 is 0 Å². The molecule has 162 valence electrons. The maximum absolute atomic E-state index is 11.1. The molecule has 32 heavy (non-hydrogen) atoms. The molecule has 7 heteroatoms. The first kappa shape index (κ1) is 20.3. The summed E-state index contributed by atoms with van der Waals surface area (Å²) in [6, 6.07) is 18.7. The van der Waals surface area contributed by atoms with Crippen LogP contribution in [0.4, 0.5) is 11.4 Å². The van der Waals surface area contributed by atoms with Crippen LogP contribution in [0.25, 0.3) is 22.3 Å². The van der Waals surface area contributed by atoms with Crippen LogP contribution in [0.15, 0.2) is 60.7 Å². The Kier molecular flexibility index (Phi) is 4.78. The Hall–Kier alpha value is -3.58. The normalized spacial score (nSPS) is 19.3. The van der Waals surface area contributed by atoms with Crippen molar-refractivity contribution >= 4 is 11.4 Å². The topological polar surface area (TPSA) is 89.5 Å². The zero-order chi connectivity index (χ0) is 22.6. The summed E-state index contributed by atoms with van der Waals surface area (Å²) >= 11 is 0. The van der Waals surface area contributed by atoms with Crippen molar-refractivity contribution in [2.75, 3.05) is 0 Å². The van der Waals surface area contributed by atoms with Gasteiger partial charge in [0.05, 0.1) is 9.85 Å². The fourth-order valence-electron chi connectivity index (χ4n) is 5.52. The summed E-state index contributed by atoms with van der Waals surface area (Å²) in [7, 11) is 0. The molecule has 2 bridgehead atoms. The van der Waals surface area contributed by atoms with Crippen LogP contribution in [-0.2, 0) is 0 Å². The maximum Gasteiger partial charge on any atom is 0.269 e. The summed E-state index contributed by atoms with van der Waals surface area (Å²) in [4.78, 5) is 24.0. The molecule has 0 aliphatic carbocycles. The van der Waals surface area contributed by atoms with Gasteiger partial charge in [0.25, 0.3) is 11.4 Å². The van der Waals surface area contributed by atoms with Crippen molar-refractivity contribution in [1.82, 2.24) is 4.90 Å². The molecule has 2 aliphatic rings. The molecule has 0 saturated carbocycles. The van der Waals surface area contributed by atoms with Crippen LogP contribution in [0.2, 0.25) is 0 Å². The van der Waals surface area contributed by atoms with E-state index in [-0.39, 0.29) is 21.2 Å². The van der Waals surface area contributed by atoms with Crippen molar-refractivity contribution < 1.29 is 9.85 Å². The highest BCUT2D eigenvalue weighted by Crippen LogP contribution is 2.59. The van der Waals surface area contributed by atoms with E-state index in [1.807, 2.05) is 24.3 Å². The van der Waals surface area contributed by atoms with E-state index in [1.54, 1.807) is 24.3 Å². The van der Waals surface area contributed by atoms with Crippen LogP contribution in [0, 0.1) is 20.2 Å². The van der Waals surface area contributed by atoms with Gasteiger partial charge in [0.2, 0.25) is 0 Å². The van der Waals surface area contributed by atoms with E-state index in [0.29, 0.717) is 18.1 Å². The van der Waals surface area contributed by atoms with E-state index in [0.717, 1.165) is 35.1 Å². The molecule has 2 heterocycles. The van der Waals surface area contributed by atoms with Gasteiger partial charge in [-0.15, -0.1) is 0 Å². The van der Waals surface area contributed by atoms with Gasteiger partial charge in [0.15, 0.2) is 0 Å². The molecule has 1 fully saturated rings. The number of rotatable bonds is 5. The van der Waals surface area contributed by atoms with Crippen molar-refractivity contribution in [3.8, 4) is 22.3 Å². The lowest BCUT2D eigenvalue weighted by atomic mass is 9.81. The molecule has 0 amide bonds. The van der Waals surface area contributed by atoms with Crippen LogP contribution in [0.3, 0.4) is 0 Å². The second kappa shape index (κ2) is 7.53. The van der Waals surface area contributed by atoms with Crippen LogP contribution < -0.4 is 0 Å². The monoisotopic (exact) mass is 429 g/mol. The lowest BCUT2D eigenvalue weighted by Crippen LogP contribution is -2.27. The van der Waals surface area contributed by atoms with Gasteiger partial charge in [-0.2, -0.15) is 0 Å². The van der Waals surface area contributed by atoms with Crippen LogP contribution in [0.1, 0.15) is 49.9 Å². The van der Waals surface area contributed by atoms with Crippen LogP contribution in [-0.4, -0.2) is 20.8 Å². The number of non-ortho nitro benzene ring substituents is 2. The maximum atomic E-state index is 11.1. The Morgan fingerprint density at radius 1 is 0.719 bits per heavy atom. The van der Waals surface area contributed by atoms with E-state index in [2.05, 4.69) is 30.9 Å². The van der Waals surface area contributed by atoms with Gasteiger partial charge in [-0.05, 0) is 84.3 Å². The highest BCUT2D eigenvalue weighted by atomic mass is 16.6. The van der Waals surface area contributed by atoms with Gasteiger partial charge in [-0.3, -0.25) is 25.1 Å². The molecule has 3 aromatic rings. The first-order chi connectivity index (χ1) is 15.4. The summed E-state index contributed by atoms with van der Waals surface area (Å²) in [5.41, 5.74) is 6.91. The lowest BCUT2D eigenvalue weighted by Gasteiger charge is -2.26. The van der Waals surface area contributed by atoms with Crippen molar-refractivity contribution in [1.29, 1.82) is 0 Å². The van der Waals surface area contributed by atoms with Crippen molar-refractivity contribution in [3.05, 3.63) is 92.0 Å². The van der Waals surface area contributed by atoms with Gasteiger partial charge < -0.3 is 0 Å². The third-order valence-corrected chi connectivity index (χ3v) is 6.76. The Morgan fingerprint density at radius 3 is 1.41 bits per heavy atom. The fourth-order valence-corrected chi connectivity index (χ4v) is 5.52. The molecule has 3 aromatic carbocycles. The third kappa shape index (κ3) is 3.08. The summed E-state index contributed by atoms with van der Waals surface area (Å²) < 4.78 is 0. The van der Waals surface area contributed by atoms with E-state index in [4.69, 9.17) is 0 Å². The SMILES string of the molecule is CC(C)N1C2CCC1c1c(-c3ccc([N+](=O)[O-])cc3)ccc(-c3ccc([N+](=O)[O-])cc3)c12. The molecule has 7 nitrogen and oxygen atoms in total. The zero-order valence-corrected chi connectivity index (χ0v) is 17.9. The average Bonchev–Trinajstić information content (AvgIpc) is 3.36. The number of nitro benzene ring substituents is 2. The molecule has 2 aliphatic heterocycles. The van der Waals surface area contributed by atoms with Crippen molar-refractivity contribution in [2.45, 2.75) is 44.8 Å². The van der Waals surface area contributed by atoms with Gasteiger partial charge in [-0.1, -0.05) is 12.1 Å². The zero-order valence-electron chi connectivity index (χ0n) is 17.9. The number of nitrogens with zero attached hydrogens (tertiary/aromatic N) is 3. The standard InChI is InChI=1S/C25H23N3O4/c1-15(2)26-22-13-14-23(26)25-21(17-5-9-19(10-6-17)28(31)32)12-11-20(24(22)25)16-3-7-18(8-4-16)27(29)30/h3-12,15,22-23H,13-14H2,1-2H3. The van der Waals surface area contributed by atoms with E-state index in [1.165, 1.54) is 11.1 Å². The average molecular weight is 429 g/mol. The van der Waals surface area contributed by atoms with Crippen LogP contribution in [0.5, 0.6) is 0 Å². The molecular weight excluding hydrogens is 406 g/mol. The number of benzene rings is 3. The highest BCUT2D eigenvalue weighted by Gasteiger charge is 2.47. The first-order valence-corrected chi connectivity index (χ1v) is 10.8. The van der Waals surface area contributed by atoms with E-state index in [9.17, 15) is 20.2 Å². The van der Waals surface area contributed by atoms with Gasteiger partial charge in [0.1, 0.15) is 0 Å².